The molecule has 0 radical (unpaired) electrons. The molecule has 1 aromatic heterocycles. The van der Waals surface area contributed by atoms with Crippen LogP contribution in [0.1, 0.15) is 96.2 Å². The molecule has 4 aromatic rings. The second-order valence-corrected chi connectivity index (χ2v) is 20.9. The summed E-state index contributed by atoms with van der Waals surface area (Å²) in [7, 11) is -1.93. The van der Waals surface area contributed by atoms with E-state index >= 15 is 0 Å². The molecule has 3 N–H and O–H groups in total. The molecule has 17 heteroatoms. The van der Waals surface area contributed by atoms with E-state index in [2.05, 4.69) is 48.7 Å². The van der Waals surface area contributed by atoms with Crippen LogP contribution in [0.4, 0.5) is 23.1 Å². The first kappa shape index (κ1) is 46.1. The molecule has 4 aliphatic rings. The maximum atomic E-state index is 13.6. The van der Waals surface area contributed by atoms with E-state index in [0.717, 1.165) is 68.0 Å². The van der Waals surface area contributed by atoms with Crippen LogP contribution < -0.4 is 20.7 Å². The van der Waals surface area contributed by atoms with E-state index in [1.807, 2.05) is 18.2 Å². The molecular weight excluding hydrogens is 868 g/mol. The lowest BCUT2D eigenvalue weighted by molar-refractivity contribution is -0.136. The van der Waals surface area contributed by atoms with Crippen molar-refractivity contribution in [1.29, 1.82) is 0 Å². The fourth-order valence-electron chi connectivity index (χ4n) is 9.63. The number of piperidine rings is 3. The first-order valence-electron chi connectivity index (χ1n) is 22.5. The maximum absolute atomic E-state index is 13.6. The van der Waals surface area contributed by atoms with Crippen molar-refractivity contribution < 1.29 is 32.3 Å². The minimum Gasteiger partial charge on any atom is -0.495 e. The van der Waals surface area contributed by atoms with Gasteiger partial charge in [-0.05, 0) is 151 Å². The molecule has 65 heavy (non-hydrogen) atoms. The van der Waals surface area contributed by atoms with Gasteiger partial charge >= 0.3 is 0 Å². The highest BCUT2D eigenvalue weighted by Crippen LogP contribution is 2.36. The smallest absolute Gasteiger partial charge is 0.262 e. The number of para-hydroxylation sites is 1. The number of nitrogens with zero attached hydrogens (tertiary/aromatic N) is 5. The van der Waals surface area contributed by atoms with Crippen molar-refractivity contribution in [1.82, 2.24) is 30.0 Å². The summed E-state index contributed by atoms with van der Waals surface area (Å²) in [4.78, 5) is 66.3. The number of amides is 4. The Morgan fingerprint density at radius 2 is 1.57 bits per heavy atom. The highest BCUT2D eigenvalue weighted by Gasteiger charge is 2.45. The molecule has 1 atom stereocenters. The first-order chi connectivity index (χ1) is 31.2. The Bertz CT molecular complexity index is 2590. The van der Waals surface area contributed by atoms with E-state index in [-0.39, 0.29) is 40.4 Å². The van der Waals surface area contributed by atoms with Gasteiger partial charge in [0.05, 0.1) is 46.0 Å². The molecule has 4 aliphatic heterocycles. The van der Waals surface area contributed by atoms with Gasteiger partial charge in [-0.3, -0.25) is 34.3 Å². The first-order valence-corrected chi connectivity index (χ1v) is 24.5. The quantitative estimate of drug-likeness (QED) is 0.103. The minimum absolute atomic E-state index is 0.0951. The zero-order valence-electron chi connectivity index (χ0n) is 37.4. The van der Waals surface area contributed by atoms with Crippen LogP contribution in [0.25, 0.3) is 0 Å². The van der Waals surface area contributed by atoms with Crippen LogP contribution in [-0.2, 0) is 32.4 Å². The number of anilines is 4. The standard InChI is InChI=1S/C48H57ClN8O7S/c1-29(2)65(62,63)41-11-6-5-10-37(41)51-44-36(49)27-50-48(54-44)52-38-24-30(3)33(26-40(38)64-4)18-23-55-19-14-31(15-20-55)25-32-16-21-56(22-17-32)28-34-8-7-9-35-43(34)47(61)57(46(35)60)39-12-13-42(58)53-45(39)59/h5-11,24,26-27,29,31-32,39H,12-23,25,28H2,1-4H3,(H,53,58,59)(H2,50,51,52,54). The number of sulfone groups is 1. The number of hydrogen-bond acceptors (Lipinski definition) is 13. The predicted octanol–water partition coefficient (Wildman–Crippen LogP) is 7.07. The second-order valence-electron chi connectivity index (χ2n) is 18.0. The Hall–Kier alpha value is -5.42. The van der Waals surface area contributed by atoms with Gasteiger partial charge < -0.3 is 20.3 Å². The molecule has 0 spiro atoms. The number of fused-ring (bicyclic) bond motifs is 1. The SMILES string of the molecule is COc1cc(CCN2CCC(CC3CCN(Cc4cccc5c4C(=O)N(C4CCC(=O)NC4=O)C5=O)CC3)CC2)c(C)cc1Nc1ncc(Cl)c(Nc2ccccc2S(=O)(=O)C(C)C)n1. The van der Waals surface area contributed by atoms with Crippen molar-refractivity contribution in [3.8, 4) is 5.75 Å². The summed E-state index contributed by atoms with van der Waals surface area (Å²) in [6, 6.07) is 15.2. The van der Waals surface area contributed by atoms with Crippen LogP contribution in [-0.4, -0.2) is 108 Å². The average molecular weight is 926 g/mol. The maximum Gasteiger partial charge on any atom is 0.262 e. The number of halogens is 1. The number of imide groups is 2. The van der Waals surface area contributed by atoms with E-state index < -0.39 is 38.9 Å². The van der Waals surface area contributed by atoms with E-state index in [1.165, 1.54) is 31.0 Å². The number of hydrogen-bond donors (Lipinski definition) is 3. The normalized spacial score (nSPS) is 19.2. The van der Waals surface area contributed by atoms with Crippen molar-refractivity contribution in [3.63, 3.8) is 0 Å². The second kappa shape index (κ2) is 19.6. The molecule has 0 saturated carbocycles. The third-order valence-electron chi connectivity index (χ3n) is 13.4. The van der Waals surface area contributed by atoms with Crippen LogP contribution in [0.3, 0.4) is 0 Å². The van der Waals surface area contributed by atoms with Gasteiger partial charge in [0.2, 0.25) is 17.8 Å². The number of rotatable bonds is 15. The molecule has 0 aliphatic carbocycles. The minimum atomic E-state index is -3.57. The van der Waals surface area contributed by atoms with Crippen LogP contribution in [0.5, 0.6) is 5.75 Å². The van der Waals surface area contributed by atoms with E-state index in [4.69, 9.17) is 16.3 Å². The van der Waals surface area contributed by atoms with Crippen LogP contribution in [0.15, 0.2) is 65.7 Å². The number of aryl methyl sites for hydroxylation is 1. The Morgan fingerprint density at radius 1 is 0.862 bits per heavy atom. The van der Waals surface area contributed by atoms with Crippen molar-refractivity contribution in [3.05, 3.63) is 93.6 Å². The van der Waals surface area contributed by atoms with Gasteiger partial charge in [0.25, 0.3) is 11.8 Å². The van der Waals surface area contributed by atoms with Gasteiger partial charge in [-0.15, -0.1) is 0 Å². The molecule has 8 rings (SSSR count). The van der Waals surface area contributed by atoms with Crippen LogP contribution in [0.2, 0.25) is 5.02 Å². The highest BCUT2D eigenvalue weighted by molar-refractivity contribution is 7.92. The Morgan fingerprint density at radius 3 is 2.26 bits per heavy atom. The van der Waals surface area contributed by atoms with Crippen LogP contribution >= 0.6 is 11.6 Å². The van der Waals surface area contributed by atoms with Crippen molar-refractivity contribution in [2.24, 2.45) is 11.8 Å². The van der Waals surface area contributed by atoms with E-state index in [9.17, 15) is 27.6 Å². The monoisotopic (exact) mass is 924 g/mol. The van der Waals surface area contributed by atoms with Crippen molar-refractivity contribution in [2.75, 3.05) is 50.5 Å². The summed E-state index contributed by atoms with van der Waals surface area (Å²) in [5, 5.41) is 8.28. The van der Waals surface area contributed by atoms with Gasteiger partial charge in [-0.1, -0.05) is 35.9 Å². The third-order valence-corrected chi connectivity index (χ3v) is 15.9. The van der Waals surface area contributed by atoms with Gasteiger partial charge in [-0.25, -0.2) is 13.4 Å². The summed E-state index contributed by atoms with van der Waals surface area (Å²) >= 11 is 6.48. The molecule has 3 fully saturated rings. The lowest BCUT2D eigenvalue weighted by atomic mass is 9.82. The third kappa shape index (κ3) is 10.1. The predicted molar refractivity (Wildman–Crippen MR) is 249 cm³/mol. The highest BCUT2D eigenvalue weighted by atomic mass is 35.5. The number of aromatic nitrogens is 2. The zero-order valence-corrected chi connectivity index (χ0v) is 38.9. The lowest BCUT2D eigenvalue weighted by Gasteiger charge is -2.37. The largest absolute Gasteiger partial charge is 0.495 e. The number of benzene rings is 3. The zero-order chi connectivity index (χ0) is 46.0. The van der Waals surface area contributed by atoms with Gasteiger partial charge in [0.15, 0.2) is 15.7 Å². The van der Waals surface area contributed by atoms with Gasteiger partial charge in [0, 0.05) is 19.5 Å². The average Bonchev–Trinajstić information content (AvgIpc) is 3.54. The number of carbonyl (C=O) groups excluding carboxylic acids is 4. The van der Waals surface area contributed by atoms with E-state index in [0.29, 0.717) is 46.6 Å². The van der Waals surface area contributed by atoms with Crippen LogP contribution in [0, 0.1) is 18.8 Å². The molecular formula is C48H57ClN8O7S. The van der Waals surface area contributed by atoms with E-state index in [1.54, 1.807) is 51.3 Å². The summed E-state index contributed by atoms with van der Waals surface area (Å²) in [5.41, 5.74) is 4.91. The number of likely N-dealkylation sites (tertiary alicyclic amines) is 2. The Labute approximate surface area is 385 Å². The van der Waals surface area contributed by atoms with Crippen molar-refractivity contribution in [2.45, 2.75) is 94.9 Å². The number of methoxy groups -OCH3 is 1. The van der Waals surface area contributed by atoms with Gasteiger partial charge in [0.1, 0.15) is 16.8 Å². The summed E-state index contributed by atoms with van der Waals surface area (Å²) < 4.78 is 31.9. The number of ether oxygens (including phenoxy) is 1. The molecule has 15 nitrogen and oxygen atoms in total. The van der Waals surface area contributed by atoms with Crippen molar-refractivity contribution >= 4 is 68.2 Å². The topological polar surface area (TPSA) is 183 Å². The number of nitrogens with one attached hydrogen (secondary N) is 3. The molecule has 1 unspecified atom stereocenters. The summed E-state index contributed by atoms with van der Waals surface area (Å²) in [6.45, 7) is 10.9. The summed E-state index contributed by atoms with van der Waals surface area (Å²) in [5.74, 6) is 0.647. The molecule has 0 bridgehead atoms. The molecule has 3 saturated heterocycles. The molecule has 344 valence electrons. The fraction of sp³-hybridized carbons (Fsp3) is 0.458. The number of carbonyl (C=O) groups is 4. The molecule has 4 amide bonds. The Balaban J connectivity index is 0.801. The lowest BCUT2D eigenvalue weighted by Crippen LogP contribution is -2.54. The fourth-order valence-corrected chi connectivity index (χ4v) is 11.0. The Kier molecular flexibility index (Phi) is 13.9. The summed E-state index contributed by atoms with van der Waals surface area (Å²) in [6.07, 6.45) is 8.36. The van der Waals surface area contributed by atoms with Gasteiger partial charge in [-0.2, -0.15) is 4.98 Å². The molecule has 5 heterocycles. The molecule has 3 aromatic carbocycles.